The van der Waals surface area contributed by atoms with Crippen LogP contribution in [0.5, 0.6) is 0 Å². The second-order valence-corrected chi connectivity index (χ2v) is 4.96. The fourth-order valence-electron chi connectivity index (χ4n) is 2.29. The topological polar surface area (TPSA) is 41.6 Å². The summed E-state index contributed by atoms with van der Waals surface area (Å²) >= 11 is 5.96. The first-order valence-electron chi connectivity index (χ1n) is 6.41. The van der Waals surface area contributed by atoms with E-state index in [1.54, 1.807) is 24.3 Å². The molecule has 3 rings (SSSR count). The van der Waals surface area contributed by atoms with Crippen LogP contribution in [0, 0.1) is 17.1 Å². The first-order chi connectivity index (χ1) is 10.2. The number of benzene rings is 2. The Bertz CT molecular complexity index is 831. The SMILES string of the molecule is N#Cc1ccc2nc(CCl)n(Cc3ccc(F)cc3)c2c1. The summed E-state index contributed by atoms with van der Waals surface area (Å²) in [5.41, 5.74) is 3.18. The number of rotatable bonds is 3. The van der Waals surface area contributed by atoms with Gasteiger partial charge in [0, 0.05) is 6.54 Å². The van der Waals surface area contributed by atoms with E-state index in [9.17, 15) is 4.39 Å². The number of hydrogen-bond donors (Lipinski definition) is 0. The first kappa shape index (κ1) is 13.6. The molecule has 21 heavy (non-hydrogen) atoms. The summed E-state index contributed by atoms with van der Waals surface area (Å²) < 4.78 is 14.9. The molecule has 0 aliphatic heterocycles. The molecule has 1 heterocycles. The van der Waals surface area contributed by atoms with E-state index in [0.29, 0.717) is 12.1 Å². The van der Waals surface area contributed by atoms with Crippen LogP contribution in [0.15, 0.2) is 42.5 Å². The molecule has 0 bridgehead atoms. The summed E-state index contributed by atoms with van der Waals surface area (Å²) in [6.07, 6.45) is 0. The Balaban J connectivity index is 2.10. The molecular formula is C16H11ClFN3. The molecule has 3 aromatic rings. The maximum absolute atomic E-state index is 13.0. The van der Waals surface area contributed by atoms with Gasteiger partial charge in [-0.3, -0.25) is 0 Å². The van der Waals surface area contributed by atoms with Crippen molar-refractivity contribution in [2.45, 2.75) is 12.4 Å². The fraction of sp³-hybridized carbons (Fsp3) is 0.125. The smallest absolute Gasteiger partial charge is 0.125 e. The number of nitrogens with zero attached hydrogens (tertiary/aromatic N) is 3. The number of nitriles is 1. The number of alkyl halides is 1. The van der Waals surface area contributed by atoms with Crippen LogP contribution in [0.1, 0.15) is 17.0 Å². The van der Waals surface area contributed by atoms with Crippen LogP contribution in [-0.2, 0) is 12.4 Å². The van der Waals surface area contributed by atoms with Crippen molar-refractivity contribution in [2.24, 2.45) is 0 Å². The molecule has 0 aliphatic carbocycles. The van der Waals surface area contributed by atoms with Crippen molar-refractivity contribution in [2.75, 3.05) is 0 Å². The Morgan fingerprint density at radius 1 is 1.19 bits per heavy atom. The van der Waals surface area contributed by atoms with Gasteiger partial charge in [0.05, 0.1) is 28.5 Å². The molecule has 2 aromatic carbocycles. The summed E-state index contributed by atoms with van der Waals surface area (Å²) in [6, 6.07) is 13.8. The second-order valence-electron chi connectivity index (χ2n) is 4.69. The van der Waals surface area contributed by atoms with Gasteiger partial charge in [-0.2, -0.15) is 5.26 Å². The Morgan fingerprint density at radius 2 is 1.95 bits per heavy atom. The van der Waals surface area contributed by atoms with Gasteiger partial charge in [-0.25, -0.2) is 9.37 Å². The molecule has 0 aliphatic rings. The van der Waals surface area contributed by atoms with Crippen molar-refractivity contribution in [3.8, 4) is 6.07 Å². The Labute approximate surface area is 126 Å². The molecule has 5 heteroatoms. The van der Waals surface area contributed by atoms with E-state index >= 15 is 0 Å². The van der Waals surface area contributed by atoms with E-state index in [0.717, 1.165) is 22.4 Å². The third-order valence-corrected chi connectivity index (χ3v) is 3.57. The van der Waals surface area contributed by atoms with Gasteiger partial charge >= 0.3 is 0 Å². The zero-order chi connectivity index (χ0) is 14.8. The van der Waals surface area contributed by atoms with Crippen LogP contribution in [-0.4, -0.2) is 9.55 Å². The average molecular weight is 300 g/mol. The Kier molecular flexibility index (Phi) is 3.59. The molecule has 0 spiro atoms. The molecule has 0 radical (unpaired) electrons. The summed E-state index contributed by atoms with van der Waals surface area (Å²) in [5, 5.41) is 9.02. The zero-order valence-corrected chi connectivity index (χ0v) is 11.8. The van der Waals surface area contributed by atoms with Crippen LogP contribution in [0.2, 0.25) is 0 Å². The molecule has 1 aromatic heterocycles. The molecule has 0 saturated carbocycles. The van der Waals surface area contributed by atoms with E-state index < -0.39 is 0 Å². The van der Waals surface area contributed by atoms with E-state index in [1.807, 2.05) is 10.6 Å². The predicted molar refractivity (Wildman–Crippen MR) is 79.5 cm³/mol. The van der Waals surface area contributed by atoms with Crippen molar-refractivity contribution in [3.05, 3.63) is 65.2 Å². The third-order valence-electron chi connectivity index (χ3n) is 3.33. The number of hydrogen-bond acceptors (Lipinski definition) is 2. The minimum absolute atomic E-state index is 0.265. The molecule has 0 N–H and O–H groups in total. The number of fused-ring (bicyclic) bond motifs is 1. The molecule has 3 nitrogen and oxygen atoms in total. The van der Waals surface area contributed by atoms with Gasteiger partial charge in [0.1, 0.15) is 11.6 Å². The summed E-state index contributed by atoms with van der Waals surface area (Å²) in [5.74, 6) is 0.738. The minimum Gasteiger partial charge on any atom is -0.322 e. The zero-order valence-electron chi connectivity index (χ0n) is 11.1. The highest BCUT2D eigenvalue weighted by molar-refractivity contribution is 6.16. The van der Waals surface area contributed by atoms with Gasteiger partial charge in [0.25, 0.3) is 0 Å². The van der Waals surface area contributed by atoms with Gasteiger partial charge in [-0.05, 0) is 35.9 Å². The second kappa shape index (κ2) is 5.55. The standard InChI is InChI=1S/C16H11ClFN3/c17-8-16-20-14-6-3-12(9-19)7-15(14)21(16)10-11-1-4-13(18)5-2-11/h1-7H,8,10H2. The maximum atomic E-state index is 13.0. The first-order valence-corrected chi connectivity index (χ1v) is 6.94. The minimum atomic E-state index is -0.265. The highest BCUT2D eigenvalue weighted by Crippen LogP contribution is 2.21. The maximum Gasteiger partial charge on any atom is 0.125 e. The van der Waals surface area contributed by atoms with Crippen LogP contribution < -0.4 is 0 Å². The molecule has 0 amide bonds. The summed E-state index contributed by atoms with van der Waals surface area (Å²) in [6.45, 7) is 0.535. The van der Waals surface area contributed by atoms with Crippen molar-refractivity contribution in [3.63, 3.8) is 0 Å². The third kappa shape index (κ3) is 2.61. The number of halogens is 2. The lowest BCUT2D eigenvalue weighted by molar-refractivity contribution is 0.626. The fourth-order valence-corrected chi connectivity index (χ4v) is 2.50. The normalized spacial score (nSPS) is 10.7. The van der Waals surface area contributed by atoms with Crippen LogP contribution >= 0.6 is 11.6 Å². The van der Waals surface area contributed by atoms with E-state index in [4.69, 9.17) is 16.9 Å². The van der Waals surface area contributed by atoms with E-state index in [2.05, 4.69) is 11.1 Å². The van der Waals surface area contributed by atoms with Gasteiger partial charge in [0.2, 0.25) is 0 Å². The highest BCUT2D eigenvalue weighted by Gasteiger charge is 2.11. The lowest BCUT2D eigenvalue weighted by Gasteiger charge is -2.08. The van der Waals surface area contributed by atoms with Gasteiger partial charge in [0.15, 0.2) is 0 Å². The van der Waals surface area contributed by atoms with Gasteiger partial charge in [-0.1, -0.05) is 12.1 Å². The largest absolute Gasteiger partial charge is 0.322 e. The van der Waals surface area contributed by atoms with Crippen molar-refractivity contribution in [1.29, 1.82) is 5.26 Å². The number of aromatic nitrogens is 2. The lowest BCUT2D eigenvalue weighted by atomic mass is 10.2. The highest BCUT2D eigenvalue weighted by atomic mass is 35.5. The van der Waals surface area contributed by atoms with Crippen molar-refractivity contribution >= 4 is 22.6 Å². The lowest BCUT2D eigenvalue weighted by Crippen LogP contribution is -2.04. The van der Waals surface area contributed by atoms with Crippen molar-refractivity contribution in [1.82, 2.24) is 9.55 Å². The number of imidazole rings is 1. The molecular weight excluding hydrogens is 289 g/mol. The molecule has 0 fully saturated rings. The van der Waals surface area contributed by atoms with E-state index in [-0.39, 0.29) is 11.7 Å². The monoisotopic (exact) mass is 299 g/mol. The van der Waals surface area contributed by atoms with Gasteiger partial charge < -0.3 is 4.57 Å². The molecule has 0 unspecified atom stereocenters. The van der Waals surface area contributed by atoms with Gasteiger partial charge in [-0.15, -0.1) is 11.6 Å². The van der Waals surface area contributed by atoms with Crippen LogP contribution in [0.3, 0.4) is 0 Å². The summed E-state index contributed by atoms with van der Waals surface area (Å²) in [4.78, 5) is 4.47. The summed E-state index contributed by atoms with van der Waals surface area (Å²) in [7, 11) is 0. The molecule has 0 saturated heterocycles. The molecule has 0 atom stereocenters. The Morgan fingerprint density at radius 3 is 2.62 bits per heavy atom. The van der Waals surface area contributed by atoms with E-state index in [1.165, 1.54) is 12.1 Å². The van der Waals surface area contributed by atoms with Crippen LogP contribution in [0.4, 0.5) is 4.39 Å². The van der Waals surface area contributed by atoms with Crippen LogP contribution in [0.25, 0.3) is 11.0 Å². The molecule has 104 valence electrons. The quantitative estimate of drug-likeness (QED) is 0.690. The average Bonchev–Trinajstić information content (AvgIpc) is 2.86. The van der Waals surface area contributed by atoms with Crippen molar-refractivity contribution < 1.29 is 4.39 Å². The predicted octanol–water partition coefficient (Wildman–Crippen LogP) is 3.83. The Hall–Kier alpha value is -2.38.